The topological polar surface area (TPSA) is 68.9 Å². The van der Waals surface area contributed by atoms with E-state index in [4.69, 9.17) is 11.6 Å². The molecule has 2 aromatic rings. The molecule has 0 amide bonds. The molecule has 5 nitrogen and oxygen atoms in total. The molecule has 21 heavy (non-hydrogen) atoms. The van der Waals surface area contributed by atoms with Crippen molar-refractivity contribution in [2.75, 3.05) is 0 Å². The van der Waals surface area contributed by atoms with E-state index in [1.54, 1.807) is 0 Å². The van der Waals surface area contributed by atoms with Crippen molar-refractivity contribution >= 4 is 29.1 Å². The van der Waals surface area contributed by atoms with Crippen LogP contribution in [0.3, 0.4) is 0 Å². The van der Waals surface area contributed by atoms with Crippen LogP contribution in [0.15, 0.2) is 29.2 Å². The van der Waals surface area contributed by atoms with Gasteiger partial charge in [-0.2, -0.15) is 8.78 Å². The molecule has 0 N–H and O–H groups in total. The number of rotatable bonds is 4. The molecule has 0 aliphatic heterocycles. The highest BCUT2D eigenvalue weighted by atomic mass is 35.5. The predicted octanol–water partition coefficient (Wildman–Crippen LogP) is 4.33. The smallest absolute Gasteiger partial charge is 0.258 e. The number of benzene rings is 1. The maximum atomic E-state index is 12.3. The molecular weight excluding hydrogens is 324 g/mol. The minimum atomic E-state index is -2.53. The van der Waals surface area contributed by atoms with Crippen LogP contribution in [0.5, 0.6) is 0 Å². The molecule has 0 atom stereocenters. The van der Waals surface area contributed by atoms with Gasteiger partial charge in [-0.25, -0.2) is 9.97 Å². The summed E-state index contributed by atoms with van der Waals surface area (Å²) in [5, 5.41) is 11.0. The number of alkyl halides is 2. The zero-order valence-electron chi connectivity index (χ0n) is 10.6. The van der Waals surface area contributed by atoms with Gasteiger partial charge < -0.3 is 0 Å². The first kappa shape index (κ1) is 15.6. The number of aryl methyl sites for hydroxylation is 1. The van der Waals surface area contributed by atoms with Crippen molar-refractivity contribution in [2.24, 2.45) is 0 Å². The van der Waals surface area contributed by atoms with Gasteiger partial charge in [0.25, 0.3) is 5.76 Å². The largest absolute Gasteiger partial charge is 0.316 e. The minimum absolute atomic E-state index is 0.0612. The molecule has 9 heteroatoms. The lowest BCUT2D eigenvalue weighted by atomic mass is 10.1. The Kier molecular flexibility index (Phi) is 4.69. The number of hydrogen-bond acceptors (Lipinski definition) is 5. The zero-order valence-corrected chi connectivity index (χ0v) is 12.2. The van der Waals surface area contributed by atoms with E-state index in [1.165, 1.54) is 31.2 Å². The summed E-state index contributed by atoms with van der Waals surface area (Å²) in [4.78, 5) is 18.5. The summed E-state index contributed by atoms with van der Waals surface area (Å²) in [7, 11) is 0. The van der Waals surface area contributed by atoms with Crippen LogP contribution < -0.4 is 0 Å². The molecule has 0 saturated carbocycles. The van der Waals surface area contributed by atoms with Gasteiger partial charge in [0.15, 0.2) is 5.69 Å². The number of aromatic nitrogens is 2. The fourth-order valence-corrected chi connectivity index (χ4v) is 2.46. The van der Waals surface area contributed by atoms with Gasteiger partial charge in [-0.3, -0.25) is 10.1 Å². The fraction of sp³-hybridized carbons (Fsp3) is 0.167. The first-order valence-electron chi connectivity index (χ1n) is 5.62. The van der Waals surface area contributed by atoms with E-state index in [0.717, 1.165) is 0 Å². The van der Waals surface area contributed by atoms with Crippen LogP contribution in [0, 0.1) is 17.0 Å². The van der Waals surface area contributed by atoms with E-state index >= 15 is 0 Å². The van der Waals surface area contributed by atoms with Crippen molar-refractivity contribution in [3.63, 3.8) is 0 Å². The molecule has 0 aliphatic carbocycles. The van der Waals surface area contributed by atoms with Gasteiger partial charge in [0.2, 0.25) is 5.28 Å². The summed E-state index contributed by atoms with van der Waals surface area (Å²) < 4.78 is 24.5. The molecule has 1 aromatic heterocycles. The SMILES string of the molecule is Cc1nc(Cl)nc(-c2ccc(SC(F)F)cc2)c1[N+](=O)[O-]. The number of halogens is 3. The fourth-order valence-electron chi connectivity index (χ4n) is 1.75. The van der Waals surface area contributed by atoms with Crippen molar-refractivity contribution in [2.45, 2.75) is 17.6 Å². The molecule has 0 spiro atoms. The summed E-state index contributed by atoms with van der Waals surface area (Å²) in [6.45, 7) is 1.45. The molecule has 1 heterocycles. The molecule has 0 unspecified atom stereocenters. The van der Waals surface area contributed by atoms with E-state index in [0.29, 0.717) is 22.2 Å². The summed E-state index contributed by atoms with van der Waals surface area (Å²) in [5.41, 5.74) is 0.355. The average Bonchev–Trinajstić information content (AvgIpc) is 2.37. The number of nitro groups is 1. The molecule has 110 valence electrons. The third-order valence-electron chi connectivity index (χ3n) is 2.57. The minimum Gasteiger partial charge on any atom is -0.258 e. The molecule has 1 aromatic carbocycles. The van der Waals surface area contributed by atoms with Gasteiger partial charge in [0.05, 0.1) is 4.92 Å². The van der Waals surface area contributed by atoms with E-state index in [1.807, 2.05) is 0 Å². The maximum Gasteiger partial charge on any atom is 0.316 e. The van der Waals surface area contributed by atoms with E-state index in [9.17, 15) is 18.9 Å². The quantitative estimate of drug-likeness (QED) is 0.361. The lowest BCUT2D eigenvalue weighted by molar-refractivity contribution is -0.385. The van der Waals surface area contributed by atoms with Crippen LogP contribution in [0.25, 0.3) is 11.3 Å². The molecular formula is C12H8ClF2N3O2S. The second kappa shape index (κ2) is 6.31. The molecule has 0 saturated heterocycles. The first-order chi connectivity index (χ1) is 9.88. The van der Waals surface area contributed by atoms with Gasteiger partial charge in [-0.05, 0) is 30.7 Å². The van der Waals surface area contributed by atoms with Crippen LogP contribution in [0.2, 0.25) is 5.28 Å². The van der Waals surface area contributed by atoms with Crippen molar-refractivity contribution in [3.8, 4) is 11.3 Å². The highest BCUT2D eigenvalue weighted by Crippen LogP contribution is 2.33. The summed E-state index contributed by atoms with van der Waals surface area (Å²) >= 11 is 6.12. The monoisotopic (exact) mass is 331 g/mol. The Balaban J connectivity index is 2.48. The summed E-state index contributed by atoms with van der Waals surface area (Å²) in [6, 6.07) is 5.86. The van der Waals surface area contributed by atoms with Crippen LogP contribution in [-0.2, 0) is 0 Å². The Morgan fingerprint density at radius 2 is 1.90 bits per heavy atom. The second-order valence-corrected chi connectivity index (χ2v) is 5.34. The van der Waals surface area contributed by atoms with Crippen LogP contribution in [-0.4, -0.2) is 20.6 Å². The first-order valence-corrected chi connectivity index (χ1v) is 6.88. The molecule has 0 aliphatic rings. The van der Waals surface area contributed by atoms with Crippen LogP contribution >= 0.6 is 23.4 Å². The van der Waals surface area contributed by atoms with Crippen molar-refractivity contribution in [1.82, 2.24) is 9.97 Å². The van der Waals surface area contributed by atoms with Gasteiger partial charge in [0.1, 0.15) is 5.69 Å². The lowest BCUT2D eigenvalue weighted by Crippen LogP contribution is -2.01. The predicted molar refractivity (Wildman–Crippen MR) is 75.7 cm³/mol. The Morgan fingerprint density at radius 1 is 1.29 bits per heavy atom. The molecule has 0 fully saturated rings. The van der Waals surface area contributed by atoms with Gasteiger partial charge in [0, 0.05) is 10.5 Å². The van der Waals surface area contributed by atoms with Crippen molar-refractivity contribution in [1.29, 1.82) is 0 Å². The molecule has 0 radical (unpaired) electrons. The summed E-state index contributed by atoms with van der Waals surface area (Å²) in [5.74, 6) is -2.53. The molecule has 0 bridgehead atoms. The molecule has 2 rings (SSSR count). The second-order valence-electron chi connectivity index (χ2n) is 3.94. The zero-order chi connectivity index (χ0) is 15.6. The van der Waals surface area contributed by atoms with Crippen molar-refractivity contribution in [3.05, 3.63) is 45.4 Å². The van der Waals surface area contributed by atoms with Gasteiger partial charge in [-0.15, -0.1) is 0 Å². The maximum absolute atomic E-state index is 12.3. The highest BCUT2D eigenvalue weighted by Gasteiger charge is 2.22. The number of nitrogens with zero attached hydrogens (tertiary/aromatic N) is 3. The average molecular weight is 332 g/mol. The Hall–Kier alpha value is -1.80. The normalized spacial score (nSPS) is 10.9. The third kappa shape index (κ3) is 3.64. The van der Waals surface area contributed by atoms with Gasteiger partial charge >= 0.3 is 5.69 Å². The van der Waals surface area contributed by atoms with Crippen molar-refractivity contribution < 1.29 is 13.7 Å². The van der Waals surface area contributed by atoms with E-state index in [-0.39, 0.29) is 22.4 Å². The Bertz CT molecular complexity index is 683. The van der Waals surface area contributed by atoms with Crippen LogP contribution in [0.1, 0.15) is 5.69 Å². The summed E-state index contributed by atoms with van der Waals surface area (Å²) in [6.07, 6.45) is 0. The van der Waals surface area contributed by atoms with E-state index in [2.05, 4.69) is 9.97 Å². The Morgan fingerprint density at radius 3 is 2.43 bits per heavy atom. The number of hydrogen-bond donors (Lipinski definition) is 0. The van der Waals surface area contributed by atoms with Gasteiger partial charge in [-0.1, -0.05) is 23.9 Å². The standard InChI is InChI=1S/C12H8ClF2N3O2S/c1-6-10(18(19)20)9(17-11(13)16-6)7-2-4-8(5-3-7)21-12(14)15/h2-5,12H,1H3. The van der Waals surface area contributed by atoms with Crippen LogP contribution in [0.4, 0.5) is 14.5 Å². The third-order valence-corrected chi connectivity index (χ3v) is 3.46. The Labute approximate surface area is 127 Å². The lowest BCUT2D eigenvalue weighted by Gasteiger charge is -2.06. The van der Waals surface area contributed by atoms with E-state index < -0.39 is 10.7 Å². The number of thioether (sulfide) groups is 1. The highest BCUT2D eigenvalue weighted by molar-refractivity contribution is 7.99.